The van der Waals surface area contributed by atoms with Gasteiger partial charge in [0.05, 0.1) is 11.2 Å². The zero-order valence-electron chi connectivity index (χ0n) is 13.1. The molecule has 1 fully saturated rings. The molecule has 0 radical (unpaired) electrons. The molecule has 3 heteroatoms. The Hall–Kier alpha value is -0.410. The maximum Gasteiger partial charge on any atom is 0.113 e. The molecule has 0 amide bonds. The molecule has 0 bridgehead atoms. The highest BCUT2D eigenvalue weighted by Gasteiger charge is 2.38. The second kappa shape index (κ2) is 5.53. The van der Waals surface area contributed by atoms with Crippen molar-refractivity contribution in [3.8, 4) is 0 Å². The fourth-order valence-corrected chi connectivity index (χ4v) is 4.29. The number of aromatic nitrogens is 1. The van der Waals surface area contributed by atoms with Crippen LogP contribution in [0.5, 0.6) is 0 Å². The summed E-state index contributed by atoms with van der Waals surface area (Å²) in [5.74, 6) is 0. The first-order valence-electron chi connectivity index (χ1n) is 7.58. The van der Waals surface area contributed by atoms with Crippen molar-refractivity contribution < 1.29 is 0 Å². The normalized spacial score (nSPS) is 27.2. The number of aryl methyl sites for hydroxylation is 2. The lowest BCUT2D eigenvalue weighted by molar-refractivity contribution is 0.267. The van der Waals surface area contributed by atoms with Crippen LogP contribution >= 0.6 is 11.3 Å². The molecule has 1 aliphatic rings. The summed E-state index contributed by atoms with van der Waals surface area (Å²) in [4.78, 5) is 6.24. The van der Waals surface area contributed by atoms with E-state index in [1.165, 1.54) is 47.7 Å². The largest absolute Gasteiger partial charge is 0.306 e. The molecule has 1 unspecified atom stereocenters. The van der Waals surface area contributed by atoms with Gasteiger partial charge in [0.25, 0.3) is 0 Å². The van der Waals surface area contributed by atoms with Gasteiger partial charge in [-0.2, -0.15) is 0 Å². The molecule has 0 aromatic carbocycles. The summed E-state index contributed by atoms with van der Waals surface area (Å²) in [6, 6.07) is 0. The van der Waals surface area contributed by atoms with Gasteiger partial charge in [-0.25, -0.2) is 4.98 Å². The van der Waals surface area contributed by atoms with E-state index in [0.29, 0.717) is 5.41 Å². The van der Waals surface area contributed by atoms with Crippen LogP contribution in [0, 0.1) is 19.3 Å². The van der Waals surface area contributed by atoms with Gasteiger partial charge >= 0.3 is 0 Å². The summed E-state index contributed by atoms with van der Waals surface area (Å²) in [6.07, 6.45) is 6.38. The van der Waals surface area contributed by atoms with E-state index in [1.54, 1.807) is 0 Å². The van der Waals surface area contributed by atoms with Crippen molar-refractivity contribution in [1.82, 2.24) is 10.3 Å². The van der Waals surface area contributed by atoms with Crippen LogP contribution in [-0.4, -0.2) is 11.5 Å². The number of hydrogen-bond acceptors (Lipinski definition) is 3. The molecule has 1 aliphatic carbocycles. The van der Waals surface area contributed by atoms with Crippen molar-refractivity contribution in [3.63, 3.8) is 0 Å². The minimum absolute atomic E-state index is 0.131. The monoisotopic (exact) mass is 280 g/mol. The number of nitrogens with one attached hydrogen (secondary N) is 1. The third-order valence-corrected chi connectivity index (χ3v) is 5.92. The minimum atomic E-state index is 0.131. The van der Waals surface area contributed by atoms with E-state index < -0.39 is 0 Å². The Labute approximate surface area is 122 Å². The van der Waals surface area contributed by atoms with Crippen LogP contribution in [-0.2, 0) is 5.54 Å². The topological polar surface area (TPSA) is 24.9 Å². The predicted octanol–water partition coefficient (Wildman–Crippen LogP) is 4.56. The van der Waals surface area contributed by atoms with Crippen LogP contribution in [0.3, 0.4) is 0 Å². The van der Waals surface area contributed by atoms with Crippen molar-refractivity contribution in [2.24, 2.45) is 5.41 Å². The summed E-state index contributed by atoms with van der Waals surface area (Å²) < 4.78 is 0. The third kappa shape index (κ3) is 3.19. The molecular formula is C16H28N2S. The zero-order valence-corrected chi connectivity index (χ0v) is 13.9. The molecule has 0 aliphatic heterocycles. The van der Waals surface area contributed by atoms with Crippen molar-refractivity contribution in [2.75, 3.05) is 6.54 Å². The van der Waals surface area contributed by atoms with E-state index in [9.17, 15) is 0 Å². The highest BCUT2D eigenvalue weighted by atomic mass is 32.1. The first-order chi connectivity index (χ1) is 8.88. The Balaban J connectivity index is 2.32. The third-order valence-electron chi connectivity index (χ3n) is 4.64. The first kappa shape index (κ1) is 15.0. The summed E-state index contributed by atoms with van der Waals surface area (Å²) in [7, 11) is 0. The molecule has 2 nitrogen and oxygen atoms in total. The molecular weight excluding hydrogens is 252 g/mol. The predicted molar refractivity (Wildman–Crippen MR) is 83.8 cm³/mol. The van der Waals surface area contributed by atoms with Crippen molar-refractivity contribution in [1.29, 1.82) is 0 Å². The zero-order chi connectivity index (χ0) is 14.1. The van der Waals surface area contributed by atoms with Gasteiger partial charge < -0.3 is 5.32 Å². The molecule has 1 aromatic heterocycles. The van der Waals surface area contributed by atoms with Gasteiger partial charge in [-0.05, 0) is 51.5 Å². The second-order valence-electron chi connectivity index (χ2n) is 6.79. The maximum atomic E-state index is 4.87. The molecule has 1 saturated carbocycles. The molecule has 0 spiro atoms. The SMILES string of the molecule is CCNC1(c2nc(C)c(C)s2)CCCC(C)(C)CC1. The van der Waals surface area contributed by atoms with Gasteiger partial charge in [-0.3, -0.25) is 0 Å². The number of hydrogen-bond donors (Lipinski definition) is 1. The highest BCUT2D eigenvalue weighted by molar-refractivity contribution is 7.11. The van der Waals surface area contributed by atoms with Gasteiger partial charge in [-0.15, -0.1) is 11.3 Å². The number of rotatable bonds is 3. The number of nitrogens with zero attached hydrogens (tertiary/aromatic N) is 1. The van der Waals surface area contributed by atoms with Crippen molar-refractivity contribution >= 4 is 11.3 Å². The highest BCUT2D eigenvalue weighted by Crippen LogP contribution is 2.44. The molecule has 1 atom stereocenters. The van der Waals surface area contributed by atoms with Gasteiger partial charge in [0.1, 0.15) is 5.01 Å². The summed E-state index contributed by atoms with van der Waals surface area (Å²) in [5, 5.41) is 5.10. The lowest BCUT2D eigenvalue weighted by Crippen LogP contribution is -2.42. The lowest BCUT2D eigenvalue weighted by Gasteiger charge is -2.32. The van der Waals surface area contributed by atoms with Crippen molar-refractivity contribution in [2.45, 2.75) is 72.3 Å². The Bertz CT molecular complexity index is 416. The van der Waals surface area contributed by atoms with Gasteiger partial charge in [0.15, 0.2) is 0 Å². The van der Waals surface area contributed by atoms with Gasteiger partial charge in [0.2, 0.25) is 0 Å². The Morgan fingerprint density at radius 2 is 1.89 bits per heavy atom. The van der Waals surface area contributed by atoms with E-state index >= 15 is 0 Å². The summed E-state index contributed by atoms with van der Waals surface area (Å²) in [5.41, 5.74) is 1.82. The van der Waals surface area contributed by atoms with Crippen LogP contribution in [0.1, 0.15) is 68.5 Å². The standard InChI is InChI=1S/C16H28N2S/c1-6-17-16(14-18-12(2)13(3)19-14)9-7-8-15(4,5)10-11-16/h17H,6-11H2,1-5H3. The van der Waals surface area contributed by atoms with Crippen molar-refractivity contribution in [3.05, 3.63) is 15.6 Å². The molecule has 1 heterocycles. The molecule has 108 valence electrons. The van der Waals surface area contributed by atoms with Crippen LogP contribution in [0.2, 0.25) is 0 Å². The van der Waals surface area contributed by atoms with Crippen LogP contribution in [0.25, 0.3) is 0 Å². The molecule has 1 aromatic rings. The number of thiazole rings is 1. The Morgan fingerprint density at radius 3 is 2.47 bits per heavy atom. The Morgan fingerprint density at radius 1 is 1.16 bits per heavy atom. The van der Waals surface area contributed by atoms with Crippen LogP contribution < -0.4 is 5.32 Å². The fourth-order valence-electron chi connectivity index (χ4n) is 3.15. The van der Waals surface area contributed by atoms with Gasteiger partial charge in [0, 0.05) is 4.88 Å². The molecule has 2 rings (SSSR count). The molecule has 0 saturated heterocycles. The lowest BCUT2D eigenvalue weighted by atomic mass is 9.83. The quantitative estimate of drug-likeness (QED) is 0.821. The Kier molecular flexibility index (Phi) is 4.36. The van der Waals surface area contributed by atoms with E-state index in [1.807, 2.05) is 11.3 Å². The second-order valence-corrected chi connectivity index (χ2v) is 7.99. The van der Waals surface area contributed by atoms with E-state index in [4.69, 9.17) is 4.98 Å². The fraction of sp³-hybridized carbons (Fsp3) is 0.812. The summed E-state index contributed by atoms with van der Waals surface area (Å²) >= 11 is 1.90. The molecule has 1 N–H and O–H groups in total. The first-order valence-corrected chi connectivity index (χ1v) is 8.40. The van der Waals surface area contributed by atoms with E-state index in [-0.39, 0.29) is 5.54 Å². The van der Waals surface area contributed by atoms with E-state index in [0.717, 1.165) is 6.54 Å². The average molecular weight is 280 g/mol. The van der Waals surface area contributed by atoms with E-state index in [2.05, 4.69) is 39.9 Å². The maximum absolute atomic E-state index is 4.87. The smallest absolute Gasteiger partial charge is 0.113 e. The van der Waals surface area contributed by atoms with Crippen LogP contribution in [0.4, 0.5) is 0 Å². The summed E-state index contributed by atoms with van der Waals surface area (Å²) in [6.45, 7) is 12.4. The minimum Gasteiger partial charge on any atom is -0.306 e. The van der Waals surface area contributed by atoms with Crippen LogP contribution in [0.15, 0.2) is 0 Å². The molecule has 19 heavy (non-hydrogen) atoms. The average Bonchev–Trinajstić information content (AvgIpc) is 2.58. The van der Waals surface area contributed by atoms with Gasteiger partial charge in [-0.1, -0.05) is 27.2 Å².